The van der Waals surface area contributed by atoms with Crippen LogP contribution in [0, 0.1) is 0 Å². The molecule has 4 N–H and O–H groups in total. The van der Waals surface area contributed by atoms with Crippen LogP contribution in [0.3, 0.4) is 0 Å². The Labute approximate surface area is 116 Å². The first-order chi connectivity index (χ1) is 8.36. The minimum atomic E-state index is -3.63. The number of sulfonamides is 1. The number of nitrogen functional groups attached to an aromatic ring is 1. The molecule has 5 nitrogen and oxygen atoms in total. The minimum absolute atomic E-state index is 0.0443. The Balaban J connectivity index is 2.77. The molecule has 1 atom stereocenters. The maximum atomic E-state index is 12.0. The van der Waals surface area contributed by atoms with Gasteiger partial charge in [-0.1, -0.05) is 22.9 Å². The molecule has 0 aliphatic carbocycles. The Bertz CT molecular complexity index is 505. The molecule has 0 bridgehead atoms. The summed E-state index contributed by atoms with van der Waals surface area (Å²) in [6.07, 6.45) is 0.484. The van der Waals surface area contributed by atoms with Gasteiger partial charge in [0.2, 0.25) is 10.0 Å². The zero-order chi connectivity index (χ0) is 13.8. The van der Waals surface area contributed by atoms with Crippen LogP contribution in [0.5, 0.6) is 0 Å². The number of anilines is 1. The number of nitrogens with two attached hydrogens (primary N) is 1. The van der Waals surface area contributed by atoms with E-state index in [0.717, 1.165) is 0 Å². The molecule has 1 aromatic carbocycles. The lowest BCUT2D eigenvalue weighted by atomic mass is 10.2. The first-order valence-corrected chi connectivity index (χ1v) is 7.87. The van der Waals surface area contributed by atoms with Crippen LogP contribution < -0.4 is 10.5 Å². The van der Waals surface area contributed by atoms with Gasteiger partial charge in [0.05, 0.1) is 11.8 Å². The second-order valence-electron chi connectivity index (χ2n) is 3.93. The van der Waals surface area contributed by atoms with Crippen molar-refractivity contribution in [2.75, 3.05) is 12.3 Å². The summed E-state index contributed by atoms with van der Waals surface area (Å²) >= 11 is 3.20. The number of hydrogen-bond donors (Lipinski definition) is 3. The Morgan fingerprint density at radius 3 is 2.78 bits per heavy atom. The summed E-state index contributed by atoms with van der Waals surface area (Å²) in [5.41, 5.74) is 5.84. The predicted molar refractivity (Wildman–Crippen MR) is 74.7 cm³/mol. The highest BCUT2D eigenvalue weighted by Crippen LogP contribution is 2.22. The van der Waals surface area contributed by atoms with Gasteiger partial charge in [0.1, 0.15) is 4.90 Å². The zero-order valence-corrected chi connectivity index (χ0v) is 12.5. The van der Waals surface area contributed by atoms with Crippen LogP contribution >= 0.6 is 15.9 Å². The molecule has 0 aliphatic heterocycles. The molecule has 18 heavy (non-hydrogen) atoms. The Kier molecular flexibility index (Phi) is 5.58. The molecule has 102 valence electrons. The zero-order valence-electron chi connectivity index (χ0n) is 10.1. The Hall–Kier alpha value is -0.630. The molecule has 0 radical (unpaired) electrons. The quantitative estimate of drug-likeness (QED) is 0.686. The van der Waals surface area contributed by atoms with Crippen LogP contribution in [0.4, 0.5) is 5.69 Å². The molecule has 0 heterocycles. The number of nitrogens with one attached hydrogen (secondary N) is 1. The molecule has 0 aromatic heterocycles. The fraction of sp³-hybridized carbons (Fsp3) is 0.455. The summed E-state index contributed by atoms with van der Waals surface area (Å²) in [6.45, 7) is 2.02. The SMILES string of the molecule is CCC(O)CCNS(=O)(=O)c1cc(Br)ccc1N. The van der Waals surface area contributed by atoms with E-state index in [1.165, 1.54) is 12.1 Å². The molecular weight excluding hydrogens is 320 g/mol. The van der Waals surface area contributed by atoms with Gasteiger partial charge in [-0.25, -0.2) is 13.1 Å². The lowest BCUT2D eigenvalue weighted by molar-refractivity contribution is 0.162. The van der Waals surface area contributed by atoms with Crippen LogP contribution in [0.1, 0.15) is 19.8 Å². The number of hydrogen-bond acceptors (Lipinski definition) is 4. The number of aliphatic hydroxyl groups excluding tert-OH is 1. The molecular formula is C11H17BrN2O3S. The maximum Gasteiger partial charge on any atom is 0.242 e. The topological polar surface area (TPSA) is 92.4 Å². The average Bonchev–Trinajstić information content (AvgIpc) is 2.31. The Morgan fingerprint density at radius 2 is 2.17 bits per heavy atom. The van der Waals surface area contributed by atoms with E-state index in [4.69, 9.17) is 5.73 Å². The molecule has 7 heteroatoms. The highest BCUT2D eigenvalue weighted by molar-refractivity contribution is 9.10. The van der Waals surface area contributed by atoms with Crippen molar-refractivity contribution in [3.05, 3.63) is 22.7 Å². The second-order valence-corrected chi connectivity index (χ2v) is 6.58. The standard InChI is InChI=1S/C11H17BrN2O3S/c1-2-9(15)5-6-14-18(16,17)11-7-8(12)3-4-10(11)13/h3-4,7,9,14-15H,2,5-6,13H2,1H3. The molecule has 1 rings (SSSR count). The van der Waals surface area contributed by atoms with Crippen molar-refractivity contribution in [2.45, 2.75) is 30.8 Å². The van der Waals surface area contributed by atoms with E-state index < -0.39 is 16.1 Å². The first kappa shape index (κ1) is 15.4. The van der Waals surface area contributed by atoms with Crippen molar-refractivity contribution in [1.29, 1.82) is 0 Å². The van der Waals surface area contributed by atoms with E-state index in [1.54, 1.807) is 6.07 Å². The normalized spacial score (nSPS) is 13.5. The van der Waals surface area contributed by atoms with E-state index in [9.17, 15) is 13.5 Å². The highest BCUT2D eigenvalue weighted by atomic mass is 79.9. The van der Waals surface area contributed by atoms with Crippen molar-refractivity contribution in [3.63, 3.8) is 0 Å². The molecule has 0 fully saturated rings. The number of benzene rings is 1. The van der Waals surface area contributed by atoms with Crippen molar-refractivity contribution in [1.82, 2.24) is 4.72 Å². The minimum Gasteiger partial charge on any atom is -0.398 e. The number of aliphatic hydroxyl groups is 1. The van der Waals surface area contributed by atoms with Crippen molar-refractivity contribution in [3.8, 4) is 0 Å². The largest absolute Gasteiger partial charge is 0.398 e. The van der Waals surface area contributed by atoms with Gasteiger partial charge < -0.3 is 10.8 Å². The van der Waals surface area contributed by atoms with Crippen molar-refractivity contribution >= 4 is 31.6 Å². The first-order valence-electron chi connectivity index (χ1n) is 5.59. The van der Waals surface area contributed by atoms with Gasteiger partial charge in [-0.2, -0.15) is 0 Å². The van der Waals surface area contributed by atoms with Gasteiger partial charge >= 0.3 is 0 Å². The molecule has 0 aliphatic rings. The van der Waals surface area contributed by atoms with Gasteiger partial charge in [-0.3, -0.25) is 0 Å². The second kappa shape index (κ2) is 6.51. The van der Waals surface area contributed by atoms with Crippen LogP contribution in [-0.2, 0) is 10.0 Å². The van der Waals surface area contributed by atoms with E-state index >= 15 is 0 Å². The third kappa shape index (κ3) is 4.24. The number of halogens is 1. The number of rotatable bonds is 6. The van der Waals surface area contributed by atoms with E-state index in [1.807, 2.05) is 6.92 Å². The van der Waals surface area contributed by atoms with Gasteiger partial charge in [-0.05, 0) is 31.0 Å². The maximum absolute atomic E-state index is 12.0. The van der Waals surface area contributed by atoms with E-state index in [2.05, 4.69) is 20.7 Å². The summed E-state index contributed by atoms with van der Waals surface area (Å²) in [6, 6.07) is 4.66. The summed E-state index contributed by atoms with van der Waals surface area (Å²) < 4.78 is 27.0. The van der Waals surface area contributed by atoms with Crippen LogP contribution in [0.15, 0.2) is 27.6 Å². The molecule has 0 saturated heterocycles. The average molecular weight is 337 g/mol. The summed E-state index contributed by atoms with van der Waals surface area (Å²) in [7, 11) is -3.63. The fourth-order valence-electron chi connectivity index (χ4n) is 1.38. The lowest BCUT2D eigenvalue weighted by Crippen LogP contribution is -2.27. The fourth-order valence-corrected chi connectivity index (χ4v) is 3.10. The molecule has 1 aromatic rings. The van der Waals surface area contributed by atoms with E-state index in [0.29, 0.717) is 17.3 Å². The van der Waals surface area contributed by atoms with Crippen molar-refractivity contribution in [2.24, 2.45) is 0 Å². The van der Waals surface area contributed by atoms with Gasteiger partial charge in [0, 0.05) is 11.0 Å². The van der Waals surface area contributed by atoms with Crippen LogP contribution in [-0.4, -0.2) is 26.2 Å². The van der Waals surface area contributed by atoms with Gasteiger partial charge in [0.25, 0.3) is 0 Å². The molecule has 0 saturated carbocycles. The highest BCUT2D eigenvalue weighted by Gasteiger charge is 2.17. The van der Waals surface area contributed by atoms with Gasteiger partial charge in [0.15, 0.2) is 0 Å². The Morgan fingerprint density at radius 1 is 1.50 bits per heavy atom. The summed E-state index contributed by atoms with van der Waals surface area (Å²) in [5, 5.41) is 9.36. The smallest absolute Gasteiger partial charge is 0.242 e. The molecule has 0 spiro atoms. The predicted octanol–water partition coefficient (Wildman–Crippen LogP) is 1.47. The van der Waals surface area contributed by atoms with Gasteiger partial charge in [-0.15, -0.1) is 0 Å². The summed E-state index contributed by atoms with van der Waals surface area (Å²) in [4.78, 5) is 0.0443. The van der Waals surface area contributed by atoms with E-state index in [-0.39, 0.29) is 17.1 Å². The molecule has 0 amide bonds. The monoisotopic (exact) mass is 336 g/mol. The third-order valence-electron chi connectivity index (χ3n) is 2.51. The van der Waals surface area contributed by atoms with Crippen LogP contribution in [0.25, 0.3) is 0 Å². The summed E-state index contributed by atoms with van der Waals surface area (Å²) in [5.74, 6) is 0. The lowest BCUT2D eigenvalue weighted by Gasteiger charge is -2.11. The molecule has 1 unspecified atom stereocenters. The third-order valence-corrected chi connectivity index (χ3v) is 4.52. The van der Waals surface area contributed by atoms with Crippen LogP contribution in [0.2, 0.25) is 0 Å². The van der Waals surface area contributed by atoms with Crippen molar-refractivity contribution < 1.29 is 13.5 Å².